The molecule has 190 valence electrons. The van der Waals surface area contributed by atoms with Crippen LogP contribution in [0.1, 0.15) is 47.0 Å². The standard InChI is InChI=1S/C22H38N2O9/c1-5-14(6-2)33-18-9-13(22(31)32-7-3)8-15(19(18)24-12(4)26)23-10-16(27)20(29)21(30)17(28)11-25/h9-10,14-21,25,27-30H,5-8,11H2,1-4H3,(H,24,26)/t15-,16-,17+,18?,19+,20+,21+/m0/s1. The van der Waals surface area contributed by atoms with Crippen molar-refractivity contribution in [1.29, 1.82) is 0 Å². The minimum atomic E-state index is -1.82. The van der Waals surface area contributed by atoms with Gasteiger partial charge in [0.2, 0.25) is 5.91 Å². The first-order chi connectivity index (χ1) is 15.6. The van der Waals surface area contributed by atoms with Gasteiger partial charge in [-0.3, -0.25) is 9.79 Å². The summed E-state index contributed by atoms with van der Waals surface area (Å²) in [4.78, 5) is 28.6. The lowest BCUT2D eigenvalue weighted by molar-refractivity contribution is -0.139. The Morgan fingerprint density at radius 2 is 1.82 bits per heavy atom. The number of aliphatic hydroxyl groups is 5. The molecule has 33 heavy (non-hydrogen) atoms. The molecule has 0 heterocycles. The molecule has 0 saturated carbocycles. The van der Waals surface area contributed by atoms with Gasteiger partial charge in [-0.25, -0.2) is 4.79 Å². The van der Waals surface area contributed by atoms with Gasteiger partial charge in [-0.05, 0) is 25.8 Å². The second-order valence-electron chi connectivity index (χ2n) is 7.97. The van der Waals surface area contributed by atoms with Crippen LogP contribution in [0.3, 0.4) is 0 Å². The van der Waals surface area contributed by atoms with Crippen molar-refractivity contribution < 1.29 is 44.6 Å². The Morgan fingerprint density at radius 1 is 1.18 bits per heavy atom. The van der Waals surface area contributed by atoms with Gasteiger partial charge in [0, 0.05) is 25.1 Å². The Labute approximate surface area is 194 Å². The molecule has 0 aliphatic heterocycles. The van der Waals surface area contributed by atoms with Crippen molar-refractivity contribution in [3.05, 3.63) is 11.6 Å². The lowest BCUT2D eigenvalue weighted by Gasteiger charge is -2.36. The number of carbonyl (C=O) groups excluding carboxylic acids is 2. The lowest BCUT2D eigenvalue weighted by atomic mass is 9.87. The zero-order valence-electron chi connectivity index (χ0n) is 19.6. The van der Waals surface area contributed by atoms with Crippen molar-refractivity contribution >= 4 is 18.1 Å². The number of aliphatic hydroxyl groups excluding tert-OH is 5. The van der Waals surface area contributed by atoms with Gasteiger partial charge in [0.15, 0.2) is 0 Å². The smallest absolute Gasteiger partial charge is 0.333 e. The Kier molecular flexibility index (Phi) is 12.7. The van der Waals surface area contributed by atoms with E-state index in [4.69, 9.17) is 14.6 Å². The van der Waals surface area contributed by atoms with Gasteiger partial charge >= 0.3 is 5.97 Å². The second-order valence-corrected chi connectivity index (χ2v) is 7.97. The van der Waals surface area contributed by atoms with Crippen molar-refractivity contribution in [2.75, 3.05) is 13.2 Å². The van der Waals surface area contributed by atoms with E-state index in [0.29, 0.717) is 18.4 Å². The molecule has 11 nitrogen and oxygen atoms in total. The van der Waals surface area contributed by atoms with Crippen molar-refractivity contribution in [3.63, 3.8) is 0 Å². The third-order valence-corrected chi connectivity index (χ3v) is 5.44. The lowest BCUT2D eigenvalue weighted by Crippen LogP contribution is -2.53. The van der Waals surface area contributed by atoms with Crippen LogP contribution in [-0.4, -0.2) is 106 Å². The number of hydrogen-bond acceptors (Lipinski definition) is 10. The third-order valence-electron chi connectivity index (χ3n) is 5.44. The number of nitrogens with zero attached hydrogens (tertiary/aromatic N) is 1. The predicted molar refractivity (Wildman–Crippen MR) is 120 cm³/mol. The van der Waals surface area contributed by atoms with Crippen LogP contribution >= 0.6 is 0 Å². The Bertz CT molecular complexity index is 681. The molecule has 0 spiro atoms. The van der Waals surface area contributed by atoms with Gasteiger partial charge in [0.25, 0.3) is 0 Å². The molecule has 0 radical (unpaired) electrons. The number of esters is 1. The highest BCUT2D eigenvalue weighted by Crippen LogP contribution is 2.27. The van der Waals surface area contributed by atoms with Crippen molar-refractivity contribution in [1.82, 2.24) is 5.32 Å². The molecule has 0 bridgehead atoms. The van der Waals surface area contributed by atoms with Gasteiger partial charge in [0.05, 0.1) is 37.5 Å². The zero-order chi connectivity index (χ0) is 25.1. The van der Waals surface area contributed by atoms with E-state index in [9.17, 15) is 30.0 Å². The molecule has 0 saturated heterocycles. The minimum absolute atomic E-state index is 0.0771. The molecule has 0 aromatic carbocycles. The van der Waals surface area contributed by atoms with E-state index in [2.05, 4.69) is 10.3 Å². The number of nitrogens with one attached hydrogen (secondary N) is 1. The molecule has 1 aliphatic rings. The number of rotatable bonds is 13. The molecule has 1 amide bonds. The monoisotopic (exact) mass is 474 g/mol. The fourth-order valence-corrected chi connectivity index (χ4v) is 3.53. The maximum absolute atomic E-state index is 12.4. The summed E-state index contributed by atoms with van der Waals surface area (Å²) in [6.07, 6.45) is -3.70. The molecule has 0 aromatic rings. The summed E-state index contributed by atoms with van der Waals surface area (Å²) in [5.74, 6) is -0.882. The highest BCUT2D eigenvalue weighted by Gasteiger charge is 2.38. The van der Waals surface area contributed by atoms with Crippen molar-refractivity contribution in [2.24, 2.45) is 4.99 Å². The summed E-state index contributed by atoms with van der Waals surface area (Å²) >= 11 is 0. The molecular weight excluding hydrogens is 436 g/mol. The van der Waals surface area contributed by atoms with E-state index in [0.717, 1.165) is 6.21 Å². The van der Waals surface area contributed by atoms with Gasteiger partial charge in [-0.1, -0.05) is 13.8 Å². The average molecular weight is 475 g/mol. The number of amides is 1. The van der Waals surface area contributed by atoms with E-state index in [1.807, 2.05) is 13.8 Å². The first-order valence-electron chi connectivity index (χ1n) is 11.3. The second kappa shape index (κ2) is 14.4. The SMILES string of the molecule is CCOC(=O)C1=CC(OC(CC)CC)[C@H](NC(C)=O)[C@@H](N=C[C@H](O)[C@@H](O)[C@H](O)[C@H](O)CO)C1. The molecule has 1 rings (SSSR count). The molecule has 0 fully saturated rings. The van der Waals surface area contributed by atoms with Crippen molar-refractivity contribution in [3.8, 4) is 0 Å². The summed E-state index contributed by atoms with van der Waals surface area (Å²) in [5, 5.41) is 51.2. The maximum Gasteiger partial charge on any atom is 0.333 e. The number of hydrogen-bond donors (Lipinski definition) is 6. The van der Waals surface area contributed by atoms with Crippen LogP contribution in [0, 0.1) is 0 Å². The molecule has 11 heteroatoms. The normalized spacial score (nSPS) is 24.8. The Morgan fingerprint density at radius 3 is 2.33 bits per heavy atom. The minimum Gasteiger partial charge on any atom is -0.463 e. The van der Waals surface area contributed by atoms with Gasteiger partial charge in [0.1, 0.15) is 24.4 Å². The van der Waals surface area contributed by atoms with Crippen LogP contribution < -0.4 is 5.32 Å². The van der Waals surface area contributed by atoms with E-state index in [1.54, 1.807) is 13.0 Å². The topological polar surface area (TPSA) is 178 Å². The maximum atomic E-state index is 12.4. The third kappa shape index (κ3) is 8.76. The largest absolute Gasteiger partial charge is 0.463 e. The molecule has 1 aliphatic carbocycles. The highest BCUT2D eigenvalue weighted by molar-refractivity contribution is 5.89. The van der Waals surface area contributed by atoms with Gasteiger partial charge in [-0.15, -0.1) is 0 Å². The van der Waals surface area contributed by atoms with E-state index in [-0.39, 0.29) is 25.0 Å². The molecule has 1 unspecified atom stereocenters. The van der Waals surface area contributed by atoms with Gasteiger partial charge in [-0.2, -0.15) is 0 Å². The van der Waals surface area contributed by atoms with Crippen LogP contribution in [-0.2, 0) is 19.1 Å². The predicted octanol–water partition coefficient (Wildman–Crippen LogP) is -1.17. The number of aliphatic imine (C=N–C) groups is 1. The Balaban J connectivity index is 3.23. The average Bonchev–Trinajstić information content (AvgIpc) is 2.80. The highest BCUT2D eigenvalue weighted by atomic mass is 16.5. The number of carbonyl (C=O) groups is 2. The number of ether oxygens (including phenoxy) is 2. The fraction of sp³-hybridized carbons (Fsp3) is 0.773. The summed E-state index contributed by atoms with van der Waals surface area (Å²) < 4.78 is 11.3. The van der Waals surface area contributed by atoms with E-state index in [1.165, 1.54) is 6.92 Å². The summed E-state index contributed by atoms with van der Waals surface area (Å²) in [6.45, 7) is 6.30. The molecule has 0 aromatic heterocycles. The molecule has 6 N–H and O–H groups in total. The molecular formula is C22H38N2O9. The quantitative estimate of drug-likeness (QED) is 0.142. The van der Waals surface area contributed by atoms with E-state index >= 15 is 0 Å². The Hall–Kier alpha value is -1.89. The van der Waals surface area contributed by atoms with Crippen LogP contribution in [0.5, 0.6) is 0 Å². The first kappa shape index (κ1) is 29.1. The summed E-state index contributed by atoms with van der Waals surface area (Å²) in [7, 11) is 0. The van der Waals surface area contributed by atoms with Gasteiger partial charge < -0.3 is 40.3 Å². The van der Waals surface area contributed by atoms with Crippen LogP contribution in [0.2, 0.25) is 0 Å². The van der Waals surface area contributed by atoms with Crippen LogP contribution in [0.4, 0.5) is 0 Å². The first-order valence-corrected chi connectivity index (χ1v) is 11.3. The van der Waals surface area contributed by atoms with E-state index < -0.39 is 55.2 Å². The van der Waals surface area contributed by atoms with Crippen LogP contribution in [0.25, 0.3) is 0 Å². The summed E-state index contributed by atoms with van der Waals surface area (Å²) in [6, 6.07) is -1.42. The summed E-state index contributed by atoms with van der Waals surface area (Å²) in [5.41, 5.74) is 0.308. The zero-order valence-corrected chi connectivity index (χ0v) is 19.6. The molecule has 7 atom stereocenters. The van der Waals surface area contributed by atoms with Crippen LogP contribution in [0.15, 0.2) is 16.6 Å². The fourth-order valence-electron chi connectivity index (χ4n) is 3.53. The van der Waals surface area contributed by atoms with Crippen molar-refractivity contribution in [2.45, 2.75) is 95.7 Å².